The van der Waals surface area contributed by atoms with Gasteiger partial charge in [0.05, 0.1) is 5.69 Å². The predicted molar refractivity (Wildman–Crippen MR) is 97.7 cm³/mol. The molecule has 26 heavy (non-hydrogen) atoms. The SMILES string of the molecule is O=C(/C=C/c1cccc(F)c1)Nc1nc(-c2ccc3c(c2)OCO3)cs1. The smallest absolute Gasteiger partial charge is 0.250 e. The van der Waals surface area contributed by atoms with Crippen molar-refractivity contribution >= 4 is 28.5 Å². The summed E-state index contributed by atoms with van der Waals surface area (Å²) in [4.78, 5) is 16.4. The van der Waals surface area contributed by atoms with E-state index in [2.05, 4.69) is 10.3 Å². The summed E-state index contributed by atoms with van der Waals surface area (Å²) in [6.45, 7) is 0.217. The summed E-state index contributed by atoms with van der Waals surface area (Å²) in [5.74, 6) is 0.709. The van der Waals surface area contributed by atoms with Gasteiger partial charge in [0.1, 0.15) is 5.82 Å². The standard InChI is InChI=1S/C19H13FN2O3S/c20-14-3-1-2-12(8-14)4-7-18(23)22-19-21-15(10-26-19)13-5-6-16-17(9-13)25-11-24-16/h1-10H,11H2,(H,21,22,23)/b7-4+. The second-order valence-corrected chi connectivity index (χ2v) is 6.34. The number of nitrogens with zero attached hydrogens (tertiary/aromatic N) is 1. The number of aromatic nitrogens is 1. The molecule has 0 saturated carbocycles. The van der Waals surface area contributed by atoms with Gasteiger partial charge in [-0.2, -0.15) is 0 Å². The van der Waals surface area contributed by atoms with Gasteiger partial charge in [0.2, 0.25) is 12.7 Å². The van der Waals surface area contributed by atoms with Crippen molar-refractivity contribution in [2.75, 3.05) is 12.1 Å². The molecule has 130 valence electrons. The highest BCUT2D eigenvalue weighted by Crippen LogP contribution is 2.36. The number of hydrogen-bond acceptors (Lipinski definition) is 5. The minimum Gasteiger partial charge on any atom is -0.454 e. The molecule has 0 radical (unpaired) electrons. The van der Waals surface area contributed by atoms with Crippen molar-refractivity contribution < 1.29 is 18.7 Å². The van der Waals surface area contributed by atoms with Gasteiger partial charge in [-0.05, 0) is 42.0 Å². The molecule has 0 saturated heterocycles. The maximum atomic E-state index is 13.1. The number of hydrogen-bond donors (Lipinski definition) is 1. The van der Waals surface area contributed by atoms with Crippen LogP contribution in [0.15, 0.2) is 53.9 Å². The fraction of sp³-hybridized carbons (Fsp3) is 0.0526. The third-order valence-corrected chi connectivity index (χ3v) is 4.44. The molecule has 3 aromatic rings. The monoisotopic (exact) mass is 368 g/mol. The average Bonchev–Trinajstić information content (AvgIpc) is 3.28. The molecular formula is C19H13FN2O3S. The van der Waals surface area contributed by atoms with Crippen LogP contribution in [0, 0.1) is 5.82 Å². The molecule has 1 aliphatic rings. The fourth-order valence-electron chi connectivity index (χ4n) is 2.45. The Kier molecular flexibility index (Phi) is 4.37. The minimum atomic E-state index is -0.346. The molecule has 2 aromatic carbocycles. The van der Waals surface area contributed by atoms with Crippen LogP contribution in [0.3, 0.4) is 0 Å². The van der Waals surface area contributed by atoms with Crippen LogP contribution in [0.25, 0.3) is 17.3 Å². The average molecular weight is 368 g/mol. The summed E-state index contributed by atoms with van der Waals surface area (Å²) < 4.78 is 23.8. The van der Waals surface area contributed by atoms with E-state index in [0.29, 0.717) is 22.2 Å². The van der Waals surface area contributed by atoms with E-state index in [1.165, 1.54) is 29.5 Å². The lowest BCUT2D eigenvalue weighted by Crippen LogP contribution is -2.07. The molecule has 1 amide bonds. The van der Waals surface area contributed by atoms with E-state index in [1.54, 1.807) is 18.2 Å². The molecule has 0 fully saturated rings. The first-order valence-corrected chi connectivity index (χ1v) is 8.65. The van der Waals surface area contributed by atoms with E-state index < -0.39 is 0 Å². The number of anilines is 1. The molecule has 1 aromatic heterocycles. The number of nitrogens with one attached hydrogen (secondary N) is 1. The molecule has 5 nitrogen and oxygen atoms in total. The summed E-state index contributed by atoms with van der Waals surface area (Å²) in [6, 6.07) is 11.6. The van der Waals surface area contributed by atoms with E-state index in [1.807, 2.05) is 23.6 Å². The van der Waals surface area contributed by atoms with Crippen LogP contribution in [-0.4, -0.2) is 17.7 Å². The van der Waals surface area contributed by atoms with Crippen LogP contribution < -0.4 is 14.8 Å². The van der Waals surface area contributed by atoms with Crippen LogP contribution in [0.4, 0.5) is 9.52 Å². The van der Waals surface area contributed by atoms with Crippen LogP contribution >= 0.6 is 11.3 Å². The van der Waals surface area contributed by atoms with Gasteiger partial charge in [-0.25, -0.2) is 9.37 Å². The first-order chi connectivity index (χ1) is 12.7. The number of benzene rings is 2. The Labute approximate surface area is 152 Å². The quantitative estimate of drug-likeness (QED) is 0.697. The zero-order valence-corrected chi connectivity index (χ0v) is 14.3. The number of thiazole rings is 1. The van der Waals surface area contributed by atoms with Crippen LogP contribution in [0.2, 0.25) is 0 Å². The van der Waals surface area contributed by atoms with E-state index >= 15 is 0 Å². The number of amides is 1. The number of halogens is 1. The van der Waals surface area contributed by atoms with E-state index in [9.17, 15) is 9.18 Å². The number of carbonyl (C=O) groups is 1. The van der Waals surface area contributed by atoms with E-state index in [4.69, 9.17) is 9.47 Å². The Balaban J connectivity index is 1.44. The van der Waals surface area contributed by atoms with Crippen molar-refractivity contribution in [1.82, 2.24) is 4.98 Å². The van der Waals surface area contributed by atoms with Gasteiger partial charge >= 0.3 is 0 Å². The zero-order chi connectivity index (χ0) is 17.9. The normalized spacial score (nSPS) is 12.5. The van der Waals surface area contributed by atoms with Crippen molar-refractivity contribution in [1.29, 1.82) is 0 Å². The molecule has 7 heteroatoms. The van der Waals surface area contributed by atoms with Gasteiger partial charge in [0.15, 0.2) is 16.6 Å². The molecule has 0 aliphatic carbocycles. The van der Waals surface area contributed by atoms with Gasteiger partial charge in [0, 0.05) is 17.0 Å². The van der Waals surface area contributed by atoms with Crippen molar-refractivity contribution in [3.05, 3.63) is 65.3 Å². The molecule has 0 atom stereocenters. The summed E-state index contributed by atoms with van der Waals surface area (Å²) in [6.07, 6.45) is 2.89. The lowest BCUT2D eigenvalue weighted by molar-refractivity contribution is -0.111. The van der Waals surface area contributed by atoms with Crippen molar-refractivity contribution in [3.63, 3.8) is 0 Å². The van der Waals surface area contributed by atoms with E-state index in [0.717, 1.165) is 11.3 Å². The van der Waals surface area contributed by atoms with E-state index in [-0.39, 0.29) is 18.5 Å². The third-order valence-electron chi connectivity index (χ3n) is 3.68. The summed E-state index contributed by atoms with van der Waals surface area (Å²) in [7, 11) is 0. The summed E-state index contributed by atoms with van der Waals surface area (Å²) >= 11 is 1.32. The molecule has 1 aliphatic heterocycles. The molecule has 0 spiro atoms. The predicted octanol–water partition coefficient (Wildman–Crippen LogP) is 4.33. The molecule has 2 heterocycles. The largest absolute Gasteiger partial charge is 0.454 e. The van der Waals surface area contributed by atoms with Gasteiger partial charge in [0.25, 0.3) is 0 Å². The lowest BCUT2D eigenvalue weighted by atomic mass is 10.1. The maximum Gasteiger partial charge on any atom is 0.250 e. The Bertz CT molecular complexity index is 1000. The molecular weight excluding hydrogens is 355 g/mol. The van der Waals surface area contributed by atoms with Gasteiger partial charge in [-0.15, -0.1) is 11.3 Å². The van der Waals surface area contributed by atoms with Crippen LogP contribution in [-0.2, 0) is 4.79 Å². The summed E-state index contributed by atoms with van der Waals surface area (Å²) in [5, 5.41) is 5.03. The van der Waals surface area contributed by atoms with Crippen molar-refractivity contribution in [3.8, 4) is 22.8 Å². The fourth-order valence-corrected chi connectivity index (χ4v) is 3.17. The Morgan fingerprint density at radius 1 is 1.19 bits per heavy atom. The Hall–Kier alpha value is -3.19. The maximum absolute atomic E-state index is 13.1. The Morgan fingerprint density at radius 3 is 2.96 bits per heavy atom. The number of rotatable bonds is 4. The second kappa shape index (κ2) is 6.97. The van der Waals surface area contributed by atoms with Gasteiger partial charge in [-0.3, -0.25) is 10.1 Å². The lowest BCUT2D eigenvalue weighted by Gasteiger charge is -2.00. The molecule has 0 unspecified atom stereocenters. The third kappa shape index (κ3) is 3.57. The highest BCUT2D eigenvalue weighted by molar-refractivity contribution is 7.14. The topological polar surface area (TPSA) is 60.5 Å². The molecule has 4 rings (SSSR count). The Morgan fingerprint density at radius 2 is 2.08 bits per heavy atom. The highest BCUT2D eigenvalue weighted by atomic mass is 32.1. The van der Waals surface area contributed by atoms with Crippen molar-refractivity contribution in [2.45, 2.75) is 0 Å². The number of fused-ring (bicyclic) bond motifs is 1. The minimum absolute atomic E-state index is 0.217. The number of carbonyl (C=O) groups excluding carboxylic acids is 1. The van der Waals surface area contributed by atoms with Crippen molar-refractivity contribution in [2.24, 2.45) is 0 Å². The van der Waals surface area contributed by atoms with Crippen LogP contribution in [0.1, 0.15) is 5.56 Å². The van der Waals surface area contributed by atoms with Gasteiger partial charge < -0.3 is 9.47 Å². The zero-order valence-electron chi connectivity index (χ0n) is 13.4. The molecule has 1 N–H and O–H groups in total. The summed E-state index contributed by atoms with van der Waals surface area (Å²) in [5.41, 5.74) is 2.22. The highest BCUT2D eigenvalue weighted by Gasteiger charge is 2.15. The first kappa shape index (κ1) is 16.3. The number of ether oxygens (including phenoxy) is 2. The first-order valence-electron chi connectivity index (χ1n) is 7.77. The van der Waals surface area contributed by atoms with Gasteiger partial charge in [-0.1, -0.05) is 12.1 Å². The second-order valence-electron chi connectivity index (χ2n) is 5.48. The van der Waals surface area contributed by atoms with Crippen LogP contribution in [0.5, 0.6) is 11.5 Å². The molecule has 0 bridgehead atoms.